The summed E-state index contributed by atoms with van der Waals surface area (Å²) in [6, 6.07) is 14.1. The average Bonchev–Trinajstić information content (AvgIpc) is 2.48. The van der Waals surface area contributed by atoms with Gasteiger partial charge in [-0.2, -0.15) is 0 Å². The molecule has 0 aromatic heterocycles. The summed E-state index contributed by atoms with van der Waals surface area (Å²) in [6.07, 6.45) is 4.09. The average molecular weight is 268 g/mol. The van der Waals surface area contributed by atoms with Crippen LogP contribution in [-0.4, -0.2) is 11.9 Å². The van der Waals surface area contributed by atoms with Crippen molar-refractivity contribution in [2.75, 3.05) is 5.32 Å². The molecule has 3 rings (SSSR count). The molecule has 1 aliphatic rings. The van der Waals surface area contributed by atoms with Crippen LogP contribution in [0.4, 0.5) is 5.69 Å². The number of hydrogen-bond acceptors (Lipinski definition) is 2. The second-order valence-corrected chi connectivity index (χ2v) is 5.57. The van der Waals surface area contributed by atoms with E-state index in [1.807, 2.05) is 30.3 Å². The minimum Gasteiger partial charge on any atom is -0.327 e. The van der Waals surface area contributed by atoms with Crippen LogP contribution in [-0.2, 0) is 4.79 Å². The topological polar surface area (TPSA) is 55.1 Å². The quantitative estimate of drug-likeness (QED) is 0.878. The number of benzene rings is 2. The summed E-state index contributed by atoms with van der Waals surface area (Å²) in [5.41, 5.74) is 6.97. The summed E-state index contributed by atoms with van der Waals surface area (Å²) in [5.74, 6) is 0.0104. The van der Waals surface area contributed by atoms with Crippen molar-refractivity contribution < 1.29 is 4.79 Å². The molecular formula is C17H20N2O. The molecule has 0 bridgehead atoms. The summed E-state index contributed by atoms with van der Waals surface area (Å²) in [4.78, 5) is 12.4. The normalized spacial score (nSPS) is 22.6. The second kappa shape index (κ2) is 5.63. The number of nitrogens with one attached hydrogen (secondary N) is 1. The highest BCUT2D eigenvalue weighted by Gasteiger charge is 2.28. The van der Waals surface area contributed by atoms with Crippen molar-refractivity contribution in [3.63, 3.8) is 0 Å². The Bertz CT molecular complexity index is 618. The number of anilines is 1. The number of amides is 1. The molecule has 2 atom stereocenters. The maximum atomic E-state index is 12.4. The van der Waals surface area contributed by atoms with E-state index in [1.165, 1.54) is 0 Å². The first-order valence-corrected chi connectivity index (χ1v) is 7.30. The Morgan fingerprint density at radius 2 is 1.80 bits per heavy atom. The molecule has 104 valence electrons. The van der Waals surface area contributed by atoms with Gasteiger partial charge in [-0.1, -0.05) is 49.2 Å². The molecule has 0 aliphatic heterocycles. The zero-order chi connectivity index (χ0) is 13.9. The number of carbonyl (C=O) groups is 1. The second-order valence-electron chi connectivity index (χ2n) is 5.57. The summed E-state index contributed by atoms with van der Waals surface area (Å²) >= 11 is 0. The van der Waals surface area contributed by atoms with Crippen molar-refractivity contribution >= 4 is 22.4 Å². The van der Waals surface area contributed by atoms with Crippen LogP contribution in [0.15, 0.2) is 42.5 Å². The monoisotopic (exact) mass is 268 g/mol. The molecule has 20 heavy (non-hydrogen) atoms. The zero-order valence-corrected chi connectivity index (χ0v) is 11.5. The molecule has 1 fully saturated rings. The Labute approximate surface area is 119 Å². The van der Waals surface area contributed by atoms with Gasteiger partial charge in [0.1, 0.15) is 0 Å². The molecule has 3 N–H and O–H groups in total. The molecule has 1 saturated carbocycles. The van der Waals surface area contributed by atoms with Crippen molar-refractivity contribution in [2.24, 2.45) is 11.7 Å². The van der Waals surface area contributed by atoms with Crippen molar-refractivity contribution in [1.29, 1.82) is 0 Å². The maximum absolute atomic E-state index is 12.4. The van der Waals surface area contributed by atoms with Crippen LogP contribution < -0.4 is 11.1 Å². The molecule has 2 aromatic rings. The minimum atomic E-state index is -0.0530. The molecule has 3 nitrogen and oxygen atoms in total. The van der Waals surface area contributed by atoms with E-state index in [4.69, 9.17) is 5.73 Å². The van der Waals surface area contributed by atoms with Gasteiger partial charge >= 0.3 is 0 Å². The van der Waals surface area contributed by atoms with Gasteiger partial charge in [0.25, 0.3) is 0 Å². The van der Waals surface area contributed by atoms with E-state index >= 15 is 0 Å². The summed E-state index contributed by atoms with van der Waals surface area (Å²) < 4.78 is 0. The summed E-state index contributed by atoms with van der Waals surface area (Å²) in [6.45, 7) is 0. The Morgan fingerprint density at radius 1 is 1.05 bits per heavy atom. The van der Waals surface area contributed by atoms with Crippen LogP contribution >= 0.6 is 0 Å². The van der Waals surface area contributed by atoms with Gasteiger partial charge < -0.3 is 11.1 Å². The number of nitrogens with two attached hydrogens (primary N) is 1. The third-order valence-electron chi connectivity index (χ3n) is 4.20. The number of carbonyl (C=O) groups excluding carboxylic acids is 1. The van der Waals surface area contributed by atoms with Gasteiger partial charge in [-0.25, -0.2) is 0 Å². The molecule has 0 spiro atoms. The summed E-state index contributed by atoms with van der Waals surface area (Å²) in [5, 5.41) is 5.28. The van der Waals surface area contributed by atoms with Crippen LogP contribution in [0.5, 0.6) is 0 Å². The minimum absolute atomic E-state index is 0.00118. The zero-order valence-electron chi connectivity index (χ0n) is 11.5. The smallest absolute Gasteiger partial charge is 0.229 e. The van der Waals surface area contributed by atoms with Crippen LogP contribution in [0.25, 0.3) is 10.8 Å². The highest BCUT2D eigenvalue weighted by molar-refractivity contribution is 6.02. The highest BCUT2D eigenvalue weighted by Crippen LogP contribution is 2.27. The molecule has 2 unspecified atom stereocenters. The van der Waals surface area contributed by atoms with Gasteiger partial charge in [-0.15, -0.1) is 0 Å². The lowest BCUT2D eigenvalue weighted by atomic mass is 9.84. The fourth-order valence-electron chi connectivity index (χ4n) is 3.04. The Hall–Kier alpha value is -1.87. The summed E-state index contributed by atoms with van der Waals surface area (Å²) in [7, 11) is 0. The maximum Gasteiger partial charge on any atom is 0.229 e. The van der Waals surface area contributed by atoms with Crippen molar-refractivity contribution in [2.45, 2.75) is 31.7 Å². The van der Waals surface area contributed by atoms with E-state index < -0.39 is 0 Å². The van der Waals surface area contributed by atoms with E-state index in [-0.39, 0.29) is 17.9 Å². The van der Waals surface area contributed by atoms with Crippen LogP contribution in [0.2, 0.25) is 0 Å². The number of hydrogen-bond donors (Lipinski definition) is 2. The molecule has 0 heterocycles. The van der Waals surface area contributed by atoms with Crippen LogP contribution in [0.1, 0.15) is 25.7 Å². The first-order valence-electron chi connectivity index (χ1n) is 7.30. The predicted molar refractivity (Wildman–Crippen MR) is 82.5 cm³/mol. The van der Waals surface area contributed by atoms with Gasteiger partial charge in [0.15, 0.2) is 0 Å². The first kappa shape index (κ1) is 13.1. The SMILES string of the molecule is NC1CCCCC1C(=O)Nc1cccc2ccccc12. The highest BCUT2D eigenvalue weighted by atomic mass is 16.1. The molecule has 3 heteroatoms. The standard InChI is InChI=1S/C17H20N2O/c18-15-10-4-3-9-14(15)17(20)19-16-11-5-7-12-6-1-2-8-13(12)16/h1-2,5-8,11,14-15H,3-4,9-10,18H2,(H,19,20). The Kier molecular flexibility index (Phi) is 3.70. The molecule has 0 saturated heterocycles. The largest absolute Gasteiger partial charge is 0.327 e. The van der Waals surface area contributed by atoms with Crippen molar-refractivity contribution in [1.82, 2.24) is 0 Å². The van der Waals surface area contributed by atoms with Gasteiger partial charge in [-0.3, -0.25) is 4.79 Å². The third kappa shape index (κ3) is 2.54. The van der Waals surface area contributed by atoms with E-state index in [9.17, 15) is 4.79 Å². The molecule has 1 amide bonds. The lowest BCUT2D eigenvalue weighted by Crippen LogP contribution is -2.40. The first-order chi connectivity index (χ1) is 9.75. The third-order valence-corrected chi connectivity index (χ3v) is 4.20. The molecule has 0 radical (unpaired) electrons. The molecular weight excluding hydrogens is 248 g/mol. The fraction of sp³-hybridized carbons (Fsp3) is 0.353. The number of rotatable bonds is 2. The Balaban J connectivity index is 1.84. The van der Waals surface area contributed by atoms with E-state index in [0.29, 0.717) is 0 Å². The predicted octanol–water partition coefficient (Wildman–Crippen LogP) is 3.30. The van der Waals surface area contributed by atoms with Gasteiger partial charge in [0.2, 0.25) is 5.91 Å². The van der Waals surface area contributed by atoms with Gasteiger partial charge in [-0.05, 0) is 24.3 Å². The Morgan fingerprint density at radius 3 is 2.65 bits per heavy atom. The fourth-order valence-corrected chi connectivity index (χ4v) is 3.04. The van der Waals surface area contributed by atoms with E-state index in [1.54, 1.807) is 0 Å². The molecule has 2 aromatic carbocycles. The number of fused-ring (bicyclic) bond motifs is 1. The lowest BCUT2D eigenvalue weighted by Gasteiger charge is -2.27. The lowest BCUT2D eigenvalue weighted by molar-refractivity contribution is -0.121. The van der Waals surface area contributed by atoms with Gasteiger partial charge in [0.05, 0.1) is 5.92 Å². The van der Waals surface area contributed by atoms with Gasteiger partial charge in [0, 0.05) is 17.1 Å². The van der Waals surface area contributed by atoms with E-state index in [2.05, 4.69) is 17.4 Å². The van der Waals surface area contributed by atoms with E-state index in [0.717, 1.165) is 42.1 Å². The van der Waals surface area contributed by atoms with Crippen molar-refractivity contribution in [3.8, 4) is 0 Å². The van der Waals surface area contributed by atoms with Crippen molar-refractivity contribution in [3.05, 3.63) is 42.5 Å². The van der Waals surface area contributed by atoms with Crippen LogP contribution in [0, 0.1) is 5.92 Å². The molecule has 1 aliphatic carbocycles. The van der Waals surface area contributed by atoms with Crippen LogP contribution in [0.3, 0.4) is 0 Å².